The zero-order chi connectivity index (χ0) is 12.8. The SMILES string of the molecule is CCNC(CCC(C)C)c1cccc(F)c1Br. The van der Waals surface area contributed by atoms with Crippen molar-refractivity contribution in [3.05, 3.63) is 34.1 Å². The molecule has 0 aromatic heterocycles. The van der Waals surface area contributed by atoms with Crippen molar-refractivity contribution in [3.8, 4) is 0 Å². The summed E-state index contributed by atoms with van der Waals surface area (Å²) in [6.45, 7) is 7.40. The Labute approximate surface area is 112 Å². The highest BCUT2D eigenvalue weighted by Gasteiger charge is 2.15. The van der Waals surface area contributed by atoms with E-state index in [9.17, 15) is 4.39 Å². The van der Waals surface area contributed by atoms with Gasteiger partial charge in [-0.2, -0.15) is 0 Å². The van der Waals surface area contributed by atoms with E-state index in [-0.39, 0.29) is 11.9 Å². The van der Waals surface area contributed by atoms with Gasteiger partial charge in [0.05, 0.1) is 4.47 Å². The van der Waals surface area contributed by atoms with E-state index in [1.165, 1.54) is 6.07 Å². The Kier molecular flexibility index (Phi) is 6.14. The van der Waals surface area contributed by atoms with Gasteiger partial charge in [0.25, 0.3) is 0 Å². The number of benzene rings is 1. The first kappa shape index (κ1) is 14.7. The Bertz CT molecular complexity index is 352. The first-order valence-corrected chi connectivity index (χ1v) is 7.02. The molecular weight excluding hydrogens is 281 g/mol. The third-order valence-electron chi connectivity index (χ3n) is 2.84. The molecule has 0 heterocycles. The van der Waals surface area contributed by atoms with Gasteiger partial charge in [0.15, 0.2) is 0 Å². The van der Waals surface area contributed by atoms with E-state index in [0.717, 1.165) is 24.9 Å². The zero-order valence-electron chi connectivity index (χ0n) is 10.8. The van der Waals surface area contributed by atoms with Gasteiger partial charge < -0.3 is 5.32 Å². The van der Waals surface area contributed by atoms with Crippen LogP contribution in [0.25, 0.3) is 0 Å². The zero-order valence-corrected chi connectivity index (χ0v) is 12.3. The second-order valence-electron chi connectivity index (χ2n) is 4.72. The minimum absolute atomic E-state index is 0.185. The molecule has 1 aromatic carbocycles. The first-order valence-electron chi connectivity index (χ1n) is 6.23. The molecule has 1 N–H and O–H groups in total. The van der Waals surface area contributed by atoms with Crippen LogP contribution in [0.3, 0.4) is 0 Å². The molecule has 0 saturated carbocycles. The predicted molar refractivity (Wildman–Crippen MR) is 74.6 cm³/mol. The average molecular weight is 302 g/mol. The van der Waals surface area contributed by atoms with Crippen molar-refractivity contribution in [2.45, 2.75) is 39.7 Å². The molecule has 0 bridgehead atoms. The fraction of sp³-hybridized carbons (Fsp3) is 0.571. The molecule has 96 valence electrons. The van der Waals surface area contributed by atoms with Crippen LogP contribution >= 0.6 is 15.9 Å². The lowest BCUT2D eigenvalue weighted by molar-refractivity contribution is 0.445. The summed E-state index contributed by atoms with van der Waals surface area (Å²) in [5.74, 6) is 0.485. The largest absolute Gasteiger partial charge is 0.310 e. The number of hydrogen-bond acceptors (Lipinski definition) is 1. The first-order chi connectivity index (χ1) is 8.06. The third kappa shape index (κ3) is 4.40. The van der Waals surface area contributed by atoms with Gasteiger partial charge in [-0.3, -0.25) is 0 Å². The van der Waals surface area contributed by atoms with Gasteiger partial charge in [-0.15, -0.1) is 0 Å². The van der Waals surface area contributed by atoms with Crippen molar-refractivity contribution >= 4 is 15.9 Å². The van der Waals surface area contributed by atoms with Gasteiger partial charge in [-0.05, 0) is 52.9 Å². The maximum Gasteiger partial charge on any atom is 0.137 e. The molecule has 3 heteroatoms. The summed E-state index contributed by atoms with van der Waals surface area (Å²) in [6.07, 6.45) is 2.17. The molecule has 0 fully saturated rings. The standard InChI is InChI=1S/C14H21BrFN/c1-4-17-13(9-8-10(2)3)11-6-5-7-12(16)14(11)15/h5-7,10,13,17H,4,8-9H2,1-3H3. The highest BCUT2D eigenvalue weighted by Crippen LogP contribution is 2.29. The quantitative estimate of drug-likeness (QED) is 0.805. The summed E-state index contributed by atoms with van der Waals surface area (Å²) in [5, 5.41) is 3.43. The molecule has 1 unspecified atom stereocenters. The number of nitrogens with one attached hydrogen (secondary N) is 1. The van der Waals surface area contributed by atoms with E-state index in [2.05, 4.69) is 42.0 Å². The van der Waals surface area contributed by atoms with E-state index in [1.807, 2.05) is 6.07 Å². The van der Waals surface area contributed by atoms with Crippen LogP contribution in [0.5, 0.6) is 0 Å². The lowest BCUT2D eigenvalue weighted by Crippen LogP contribution is -2.22. The number of hydrogen-bond donors (Lipinski definition) is 1. The van der Waals surface area contributed by atoms with Gasteiger partial charge in [-0.1, -0.05) is 32.9 Å². The van der Waals surface area contributed by atoms with E-state index >= 15 is 0 Å². The minimum atomic E-state index is -0.185. The Morgan fingerprint density at radius 1 is 1.29 bits per heavy atom. The number of rotatable bonds is 6. The lowest BCUT2D eigenvalue weighted by Gasteiger charge is -2.20. The molecule has 0 aliphatic rings. The van der Waals surface area contributed by atoms with Crippen LogP contribution < -0.4 is 5.32 Å². The Morgan fingerprint density at radius 3 is 2.59 bits per heavy atom. The van der Waals surface area contributed by atoms with Crippen molar-refractivity contribution in [2.75, 3.05) is 6.54 Å². The van der Waals surface area contributed by atoms with Crippen molar-refractivity contribution in [3.63, 3.8) is 0 Å². The Hall–Kier alpha value is -0.410. The summed E-state index contributed by atoms with van der Waals surface area (Å²) in [4.78, 5) is 0. The molecule has 17 heavy (non-hydrogen) atoms. The van der Waals surface area contributed by atoms with Crippen LogP contribution in [0.1, 0.15) is 45.2 Å². The maximum absolute atomic E-state index is 13.5. The fourth-order valence-electron chi connectivity index (χ4n) is 1.90. The van der Waals surface area contributed by atoms with Gasteiger partial charge in [0.2, 0.25) is 0 Å². The average Bonchev–Trinajstić information content (AvgIpc) is 2.28. The summed E-state index contributed by atoms with van der Waals surface area (Å²) in [6, 6.07) is 5.47. The van der Waals surface area contributed by atoms with Crippen LogP contribution in [0.2, 0.25) is 0 Å². The van der Waals surface area contributed by atoms with Gasteiger partial charge in [0, 0.05) is 6.04 Å². The second kappa shape index (κ2) is 7.12. The summed E-state index contributed by atoms with van der Waals surface area (Å²) >= 11 is 3.34. The normalized spacial score (nSPS) is 13.1. The van der Waals surface area contributed by atoms with E-state index in [1.54, 1.807) is 6.07 Å². The second-order valence-corrected chi connectivity index (χ2v) is 5.52. The van der Waals surface area contributed by atoms with Crippen LogP contribution in [-0.2, 0) is 0 Å². The van der Waals surface area contributed by atoms with E-state index < -0.39 is 0 Å². The summed E-state index contributed by atoms with van der Waals surface area (Å²) in [5.41, 5.74) is 1.02. The molecule has 0 amide bonds. The molecule has 0 radical (unpaired) electrons. The molecular formula is C14H21BrFN. The molecule has 1 nitrogen and oxygen atoms in total. The number of halogens is 2. The van der Waals surface area contributed by atoms with Crippen LogP contribution in [-0.4, -0.2) is 6.54 Å². The smallest absolute Gasteiger partial charge is 0.137 e. The lowest BCUT2D eigenvalue weighted by atomic mass is 9.97. The van der Waals surface area contributed by atoms with Gasteiger partial charge in [-0.25, -0.2) is 4.39 Å². The van der Waals surface area contributed by atoms with Crippen molar-refractivity contribution < 1.29 is 4.39 Å². The highest BCUT2D eigenvalue weighted by atomic mass is 79.9. The van der Waals surface area contributed by atoms with Crippen molar-refractivity contribution in [1.82, 2.24) is 5.32 Å². The summed E-state index contributed by atoms with van der Waals surface area (Å²) in [7, 11) is 0. The molecule has 1 rings (SSSR count). The van der Waals surface area contributed by atoms with Gasteiger partial charge >= 0.3 is 0 Å². The Balaban J connectivity index is 2.85. The molecule has 0 aliphatic heterocycles. The van der Waals surface area contributed by atoms with Crippen molar-refractivity contribution in [2.24, 2.45) is 5.92 Å². The highest BCUT2D eigenvalue weighted by molar-refractivity contribution is 9.10. The third-order valence-corrected chi connectivity index (χ3v) is 3.68. The summed E-state index contributed by atoms with van der Waals surface area (Å²) < 4.78 is 14.1. The topological polar surface area (TPSA) is 12.0 Å². The molecule has 0 aliphatic carbocycles. The van der Waals surface area contributed by atoms with E-state index in [0.29, 0.717) is 10.4 Å². The van der Waals surface area contributed by atoms with Crippen molar-refractivity contribution in [1.29, 1.82) is 0 Å². The minimum Gasteiger partial charge on any atom is -0.310 e. The predicted octanol–water partition coefficient (Wildman–Crippen LogP) is 4.68. The molecule has 1 atom stereocenters. The molecule has 0 saturated heterocycles. The van der Waals surface area contributed by atoms with Crippen LogP contribution in [0.15, 0.2) is 22.7 Å². The maximum atomic E-state index is 13.5. The monoisotopic (exact) mass is 301 g/mol. The fourth-order valence-corrected chi connectivity index (χ4v) is 2.44. The van der Waals surface area contributed by atoms with Crippen LogP contribution in [0.4, 0.5) is 4.39 Å². The van der Waals surface area contributed by atoms with E-state index in [4.69, 9.17) is 0 Å². The Morgan fingerprint density at radius 2 is 2.00 bits per heavy atom. The molecule has 0 spiro atoms. The van der Waals surface area contributed by atoms with Gasteiger partial charge in [0.1, 0.15) is 5.82 Å². The molecule has 1 aromatic rings. The van der Waals surface area contributed by atoms with Crippen LogP contribution in [0, 0.1) is 11.7 Å².